The van der Waals surface area contributed by atoms with E-state index in [0.29, 0.717) is 5.82 Å². The monoisotopic (exact) mass is 252 g/mol. The van der Waals surface area contributed by atoms with Gasteiger partial charge in [0.25, 0.3) is 0 Å². The second-order valence-electron chi connectivity index (χ2n) is 5.49. The fourth-order valence-electron chi connectivity index (χ4n) is 1.54. The zero-order chi connectivity index (χ0) is 13.8. The zero-order valence-corrected chi connectivity index (χ0v) is 12.0. The van der Waals surface area contributed by atoms with Crippen LogP contribution in [0.15, 0.2) is 6.07 Å². The van der Waals surface area contributed by atoms with E-state index < -0.39 is 0 Å². The van der Waals surface area contributed by atoms with Gasteiger partial charge in [-0.1, -0.05) is 20.8 Å². The highest BCUT2D eigenvalue weighted by Gasteiger charge is 2.19. The Morgan fingerprint density at radius 1 is 1.33 bits per heavy atom. The van der Waals surface area contributed by atoms with Crippen molar-refractivity contribution in [3.8, 4) is 0 Å². The Morgan fingerprint density at radius 2 is 2.00 bits per heavy atom. The van der Waals surface area contributed by atoms with Crippen LogP contribution in [-0.4, -0.2) is 37.3 Å². The van der Waals surface area contributed by atoms with Crippen LogP contribution in [0.4, 0.5) is 11.6 Å². The summed E-state index contributed by atoms with van der Waals surface area (Å²) in [6, 6.07) is 1.81. The van der Waals surface area contributed by atoms with Gasteiger partial charge in [-0.2, -0.15) is 0 Å². The van der Waals surface area contributed by atoms with E-state index in [1.165, 1.54) is 0 Å². The van der Waals surface area contributed by atoms with Crippen molar-refractivity contribution in [1.82, 2.24) is 9.97 Å². The van der Waals surface area contributed by atoms with Crippen LogP contribution in [-0.2, 0) is 10.2 Å². The summed E-state index contributed by atoms with van der Waals surface area (Å²) >= 11 is 0. The van der Waals surface area contributed by atoms with Crippen LogP contribution in [0.1, 0.15) is 33.0 Å². The van der Waals surface area contributed by atoms with Crippen LogP contribution in [0.3, 0.4) is 0 Å². The fourth-order valence-corrected chi connectivity index (χ4v) is 1.54. The number of nitrogen functional groups attached to an aromatic ring is 1. The van der Waals surface area contributed by atoms with Crippen molar-refractivity contribution in [2.24, 2.45) is 0 Å². The molecule has 0 atom stereocenters. The third-order valence-electron chi connectivity index (χ3n) is 2.64. The first-order valence-corrected chi connectivity index (χ1v) is 6.19. The van der Waals surface area contributed by atoms with Gasteiger partial charge in [0.1, 0.15) is 17.5 Å². The average Bonchev–Trinajstić information content (AvgIpc) is 2.27. The molecule has 5 heteroatoms. The maximum Gasteiger partial charge on any atom is 0.138 e. The van der Waals surface area contributed by atoms with Crippen LogP contribution in [0, 0.1) is 0 Å². The first kappa shape index (κ1) is 14.7. The molecule has 1 aromatic heterocycles. The number of rotatable bonds is 5. The molecule has 0 aliphatic heterocycles. The van der Waals surface area contributed by atoms with Crippen molar-refractivity contribution >= 4 is 11.6 Å². The molecule has 0 saturated heterocycles. The molecule has 18 heavy (non-hydrogen) atoms. The van der Waals surface area contributed by atoms with Gasteiger partial charge in [0.05, 0.1) is 0 Å². The van der Waals surface area contributed by atoms with E-state index in [2.05, 4.69) is 35.6 Å². The molecule has 2 N–H and O–H groups in total. The van der Waals surface area contributed by atoms with E-state index in [4.69, 9.17) is 10.5 Å². The Morgan fingerprint density at radius 3 is 2.56 bits per heavy atom. The van der Waals surface area contributed by atoms with Gasteiger partial charge >= 0.3 is 0 Å². The molecule has 0 unspecified atom stereocenters. The van der Waals surface area contributed by atoms with Crippen molar-refractivity contribution < 1.29 is 4.74 Å². The highest BCUT2D eigenvalue weighted by molar-refractivity contribution is 5.47. The first-order valence-electron chi connectivity index (χ1n) is 6.19. The number of hydrogen-bond acceptors (Lipinski definition) is 5. The Labute approximate surface area is 109 Å². The summed E-state index contributed by atoms with van der Waals surface area (Å²) in [7, 11) is 3.71. The van der Waals surface area contributed by atoms with E-state index >= 15 is 0 Å². The van der Waals surface area contributed by atoms with Crippen LogP contribution in [0.2, 0.25) is 0 Å². The van der Waals surface area contributed by atoms with Crippen molar-refractivity contribution in [3.05, 3.63) is 11.9 Å². The lowest BCUT2D eigenvalue weighted by Crippen LogP contribution is -2.24. The van der Waals surface area contributed by atoms with Gasteiger partial charge in [0.2, 0.25) is 0 Å². The average molecular weight is 252 g/mol. The molecule has 0 aliphatic rings. The predicted molar refractivity (Wildman–Crippen MR) is 74.9 cm³/mol. The molecule has 0 fully saturated rings. The van der Waals surface area contributed by atoms with Crippen molar-refractivity contribution in [1.29, 1.82) is 0 Å². The highest BCUT2D eigenvalue weighted by atomic mass is 16.5. The minimum atomic E-state index is -0.0997. The van der Waals surface area contributed by atoms with Gasteiger partial charge < -0.3 is 15.4 Å². The van der Waals surface area contributed by atoms with Crippen molar-refractivity contribution in [2.45, 2.75) is 32.6 Å². The number of ether oxygens (including phenoxy) is 1. The number of hydrogen-bond donors (Lipinski definition) is 1. The lowest BCUT2D eigenvalue weighted by molar-refractivity contribution is 0.196. The summed E-state index contributed by atoms with van der Waals surface area (Å²) in [5, 5.41) is 0. The van der Waals surface area contributed by atoms with Gasteiger partial charge in [-0.25, -0.2) is 9.97 Å². The minimum absolute atomic E-state index is 0.0997. The summed E-state index contributed by atoms with van der Waals surface area (Å²) in [4.78, 5) is 11.0. The van der Waals surface area contributed by atoms with Gasteiger partial charge in [0.15, 0.2) is 0 Å². The second kappa shape index (κ2) is 6.00. The topological polar surface area (TPSA) is 64.3 Å². The minimum Gasteiger partial charge on any atom is -0.385 e. The van der Waals surface area contributed by atoms with Gasteiger partial charge in [-0.3, -0.25) is 0 Å². The van der Waals surface area contributed by atoms with E-state index in [0.717, 1.165) is 31.2 Å². The lowest BCUT2D eigenvalue weighted by atomic mass is 9.96. The molecular formula is C13H24N4O. The van der Waals surface area contributed by atoms with E-state index in [-0.39, 0.29) is 5.41 Å². The molecule has 0 amide bonds. The third-order valence-corrected chi connectivity index (χ3v) is 2.64. The molecule has 1 rings (SSSR count). The molecule has 0 bridgehead atoms. The predicted octanol–water partition coefficient (Wildman–Crippen LogP) is 1.83. The molecule has 1 heterocycles. The molecule has 0 saturated carbocycles. The highest BCUT2D eigenvalue weighted by Crippen LogP contribution is 2.22. The Bertz CT molecular complexity index is 387. The number of nitrogens with two attached hydrogens (primary N) is 1. The van der Waals surface area contributed by atoms with Crippen molar-refractivity contribution in [3.63, 3.8) is 0 Å². The van der Waals surface area contributed by atoms with Crippen LogP contribution < -0.4 is 10.6 Å². The smallest absolute Gasteiger partial charge is 0.138 e. The summed E-state index contributed by atoms with van der Waals surface area (Å²) in [6.45, 7) is 7.87. The number of anilines is 2. The summed E-state index contributed by atoms with van der Waals surface area (Å²) < 4.78 is 5.05. The number of methoxy groups -OCH3 is 1. The maximum absolute atomic E-state index is 5.85. The first-order chi connectivity index (χ1) is 8.34. The molecule has 0 spiro atoms. The molecule has 0 radical (unpaired) electrons. The molecular weight excluding hydrogens is 228 g/mol. The summed E-state index contributed by atoms with van der Waals surface area (Å²) in [5.41, 5.74) is 5.75. The fraction of sp³-hybridized carbons (Fsp3) is 0.692. The Kier molecular flexibility index (Phi) is 4.90. The number of nitrogens with zero attached hydrogens (tertiary/aromatic N) is 3. The summed E-state index contributed by atoms with van der Waals surface area (Å²) in [6.07, 6.45) is 0.960. The van der Waals surface area contributed by atoms with Gasteiger partial charge in [-0.15, -0.1) is 0 Å². The Hall–Kier alpha value is -1.36. The maximum atomic E-state index is 5.85. The normalized spacial score (nSPS) is 11.6. The van der Waals surface area contributed by atoms with Crippen molar-refractivity contribution in [2.75, 3.05) is 37.9 Å². The van der Waals surface area contributed by atoms with E-state index in [1.807, 2.05) is 13.1 Å². The molecule has 5 nitrogen and oxygen atoms in total. The largest absolute Gasteiger partial charge is 0.385 e. The standard InChI is InChI=1S/C13H24N4O/c1-13(2,3)12-15-10(14)9-11(16-12)17(4)7-6-8-18-5/h9H,6-8H2,1-5H3,(H2,14,15,16). The molecule has 102 valence electrons. The second-order valence-corrected chi connectivity index (χ2v) is 5.49. The van der Waals surface area contributed by atoms with E-state index in [1.54, 1.807) is 7.11 Å². The molecule has 0 aromatic carbocycles. The van der Waals surface area contributed by atoms with Crippen LogP contribution >= 0.6 is 0 Å². The SMILES string of the molecule is COCCCN(C)c1cc(N)nc(C(C)(C)C)n1. The molecule has 0 aliphatic carbocycles. The van der Waals surface area contributed by atoms with Gasteiger partial charge in [-0.05, 0) is 6.42 Å². The Balaban J connectivity index is 2.85. The molecule has 1 aromatic rings. The third kappa shape index (κ3) is 4.14. The zero-order valence-electron chi connectivity index (χ0n) is 12.0. The number of aromatic nitrogens is 2. The van der Waals surface area contributed by atoms with Gasteiger partial charge in [0, 0.05) is 38.8 Å². The van der Waals surface area contributed by atoms with Crippen LogP contribution in [0.25, 0.3) is 0 Å². The van der Waals surface area contributed by atoms with Crippen LogP contribution in [0.5, 0.6) is 0 Å². The summed E-state index contributed by atoms with van der Waals surface area (Å²) in [5.74, 6) is 2.16. The van der Waals surface area contributed by atoms with E-state index in [9.17, 15) is 0 Å². The lowest BCUT2D eigenvalue weighted by Gasteiger charge is -2.22. The quantitative estimate of drug-likeness (QED) is 0.810.